The number of benzene rings is 2. The van der Waals surface area contributed by atoms with E-state index in [1.54, 1.807) is 24.3 Å². The van der Waals surface area contributed by atoms with Crippen LogP contribution in [-0.4, -0.2) is 36.8 Å². The van der Waals surface area contributed by atoms with Crippen molar-refractivity contribution in [3.8, 4) is 23.6 Å². The Hall–Kier alpha value is -4.57. The molecule has 0 saturated carbocycles. The molecule has 0 bridgehead atoms. The maximum Gasteiger partial charge on any atom is 0.573 e. The Morgan fingerprint density at radius 1 is 1.08 bits per heavy atom. The number of nitriles is 1. The van der Waals surface area contributed by atoms with Crippen LogP contribution in [0.25, 0.3) is 11.2 Å². The molecule has 192 valence electrons. The van der Waals surface area contributed by atoms with Gasteiger partial charge in [-0.2, -0.15) is 10.2 Å². The Balaban J connectivity index is 1.87. The fourth-order valence-electron chi connectivity index (χ4n) is 3.71. The molecule has 0 aliphatic rings. The van der Waals surface area contributed by atoms with Gasteiger partial charge in [0.15, 0.2) is 11.2 Å². The highest BCUT2D eigenvalue weighted by molar-refractivity contribution is 5.72. The van der Waals surface area contributed by atoms with Crippen LogP contribution in [0.4, 0.5) is 13.2 Å². The number of hydrogen-bond acceptors (Lipinski definition) is 7. The maximum atomic E-state index is 13.4. The summed E-state index contributed by atoms with van der Waals surface area (Å²) in [6.45, 7) is -0.237. The smallest absolute Gasteiger partial charge is 0.425 e. The molecule has 2 aromatic carbocycles. The number of nitrogens with zero attached hydrogens (tertiary/aromatic N) is 5. The lowest BCUT2D eigenvalue weighted by Crippen LogP contribution is -2.39. The highest BCUT2D eigenvalue weighted by atomic mass is 19.4. The zero-order chi connectivity index (χ0) is 26.7. The van der Waals surface area contributed by atoms with Gasteiger partial charge in [-0.05, 0) is 36.2 Å². The Bertz CT molecular complexity index is 1600. The Morgan fingerprint density at radius 2 is 1.78 bits per heavy atom. The molecule has 1 N–H and O–H groups in total. The summed E-state index contributed by atoms with van der Waals surface area (Å²) >= 11 is 0. The minimum Gasteiger partial charge on any atom is -0.425 e. The van der Waals surface area contributed by atoms with Crippen LogP contribution in [0.5, 0.6) is 17.5 Å². The van der Waals surface area contributed by atoms with Crippen molar-refractivity contribution in [1.29, 1.82) is 5.26 Å². The monoisotopic (exact) mass is 515 g/mol. The van der Waals surface area contributed by atoms with Crippen LogP contribution in [0.3, 0.4) is 0 Å². The predicted octanol–water partition coefficient (Wildman–Crippen LogP) is 2.89. The number of aromatic nitrogens is 4. The average Bonchev–Trinajstić information content (AvgIpc) is 3.20. The minimum atomic E-state index is -4.90. The van der Waals surface area contributed by atoms with Gasteiger partial charge in [-0.1, -0.05) is 18.2 Å². The van der Waals surface area contributed by atoms with Crippen molar-refractivity contribution in [3.05, 3.63) is 80.5 Å². The van der Waals surface area contributed by atoms with Crippen molar-refractivity contribution in [1.82, 2.24) is 18.7 Å². The molecule has 0 fully saturated rings. The molecular formula is C24H20F3N5O5. The minimum absolute atomic E-state index is 0.00147. The third-order valence-electron chi connectivity index (χ3n) is 5.41. The second kappa shape index (κ2) is 10.2. The first-order valence-corrected chi connectivity index (χ1v) is 10.9. The van der Waals surface area contributed by atoms with E-state index in [1.807, 2.05) is 6.07 Å². The molecule has 2 aromatic heterocycles. The standard InChI is InChI=1S/C24H20F3N5O5/c1-30-20-19(21(34)31(23(30)35)10-3-11-33)32(14-16-8-6-15(13-28)7-9-16)22(29-20)36-17-4-2-5-18(12-17)37-24(25,26)27/h2,4-9,12,33H,3,10-11,14H2,1H3. The van der Waals surface area contributed by atoms with Gasteiger partial charge in [0.1, 0.15) is 11.5 Å². The molecule has 0 atom stereocenters. The van der Waals surface area contributed by atoms with Gasteiger partial charge in [0.2, 0.25) is 0 Å². The first kappa shape index (κ1) is 25.5. The van der Waals surface area contributed by atoms with Gasteiger partial charge >= 0.3 is 18.1 Å². The van der Waals surface area contributed by atoms with Crippen LogP contribution in [0.1, 0.15) is 17.5 Å². The predicted molar refractivity (Wildman–Crippen MR) is 124 cm³/mol. The number of fused-ring (bicyclic) bond motifs is 1. The van der Waals surface area contributed by atoms with Crippen LogP contribution in [0.2, 0.25) is 0 Å². The number of imidazole rings is 1. The number of hydrogen-bond donors (Lipinski definition) is 1. The second-order valence-corrected chi connectivity index (χ2v) is 7.96. The van der Waals surface area contributed by atoms with E-state index in [1.165, 1.54) is 23.7 Å². The van der Waals surface area contributed by atoms with Crippen LogP contribution in [0, 0.1) is 11.3 Å². The Morgan fingerprint density at radius 3 is 2.43 bits per heavy atom. The molecule has 0 aliphatic heterocycles. The van der Waals surface area contributed by atoms with Gasteiger partial charge in [-0.15, -0.1) is 13.2 Å². The van der Waals surface area contributed by atoms with E-state index >= 15 is 0 Å². The molecular weight excluding hydrogens is 495 g/mol. The zero-order valence-electron chi connectivity index (χ0n) is 19.4. The van der Waals surface area contributed by atoms with Crippen LogP contribution >= 0.6 is 0 Å². The van der Waals surface area contributed by atoms with Crippen molar-refractivity contribution in [2.75, 3.05) is 6.61 Å². The summed E-state index contributed by atoms with van der Waals surface area (Å²) in [5, 5.41) is 18.2. The number of aliphatic hydroxyl groups is 1. The summed E-state index contributed by atoms with van der Waals surface area (Å²) in [6, 6.07) is 13.1. The molecule has 37 heavy (non-hydrogen) atoms. The largest absolute Gasteiger partial charge is 0.573 e. The summed E-state index contributed by atoms with van der Waals surface area (Å²) in [5.41, 5.74) is -0.222. The molecule has 4 rings (SSSR count). The second-order valence-electron chi connectivity index (χ2n) is 7.96. The van der Waals surface area contributed by atoms with Crippen molar-refractivity contribution >= 4 is 11.2 Å². The molecule has 0 amide bonds. The lowest BCUT2D eigenvalue weighted by atomic mass is 10.1. The van der Waals surface area contributed by atoms with Crippen molar-refractivity contribution in [2.24, 2.45) is 7.05 Å². The first-order chi connectivity index (χ1) is 17.6. The van der Waals surface area contributed by atoms with Gasteiger partial charge in [-0.25, -0.2) is 4.79 Å². The molecule has 0 radical (unpaired) electrons. The van der Waals surface area contributed by atoms with E-state index in [0.717, 1.165) is 21.3 Å². The van der Waals surface area contributed by atoms with E-state index in [-0.39, 0.29) is 49.0 Å². The lowest BCUT2D eigenvalue weighted by Gasteiger charge is -2.12. The molecule has 0 aliphatic carbocycles. The quantitative estimate of drug-likeness (QED) is 0.383. The fourth-order valence-corrected chi connectivity index (χ4v) is 3.71. The van der Waals surface area contributed by atoms with Crippen LogP contribution < -0.4 is 20.7 Å². The third kappa shape index (κ3) is 5.49. The van der Waals surface area contributed by atoms with Crippen molar-refractivity contribution < 1.29 is 27.8 Å². The number of aliphatic hydroxyl groups excluding tert-OH is 1. The van der Waals surface area contributed by atoms with Gasteiger partial charge in [0.05, 0.1) is 18.2 Å². The lowest BCUT2D eigenvalue weighted by molar-refractivity contribution is -0.274. The van der Waals surface area contributed by atoms with Crippen molar-refractivity contribution in [3.63, 3.8) is 0 Å². The van der Waals surface area contributed by atoms with Gasteiger partial charge in [0.25, 0.3) is 5.56 Å². The van der Waals surface area contributed by atoms with Gasteiger partial charge in [-0.3, -0.25) is 18.5 Å². The fraction of sp³-hybridized carbons (Fsp3) is 0.250. The molecule has 0 unspecified atom stereocenters. The zero-order valence-corrected chi connectivity index (χ0v) is 19.4. The molecule has 10 nitrogen and oxygen atoms in total. The number of alkyl halides is 3. The van der Waals surface area contributed by atoms with Gasteiger partial charge < -0.3 is 14.6 Å². The molecule has 0 spiro atoms. The van der Waals surface area contributed by atoms with E-state index in [4.69, 9.17) is 10.00 Å². The highest BCUT2D eigenvalue weighted by Gasteiger charge is 2.31. The molecule has 2 heterocycles. The van der Waals surface area contributed by atoms with E-state index in [2.05, 4.69) is 9.72 Å². The summed E-state index contributed by atoms with van der Waals surface area (Å²) in [4.78, 5) is 30.5. The van der Waals surface area contributed by atoms with Crippen molar-refractivity contribution in [2.45, 2.75) is 25.9 Å². The molecule has 0 saturated heterocycles. The summed E-state index contributed by atoms with van der Waals surface area (Å²) in [6.07, 6.45) is -4.74. The number of aryl methyl sites for hydroxylation is 1. The first-order valence-electron chi connectivity index (χ1n) is 10.9. The van der Waals surface area contributed by atoms with Crippen LogP contribution in [-0.2, 0) is 20.1 Å². The summed E-state index contributed by atoms with van der Waals surface area (Å²) in [7, 11) is 1.42. The molecule has 13 heteroatoms. The average molecular weight is 515 g/mol. The topological polar surface area (TPSA) is 124 Å². The molecule has 4 aromatic rings. The van der Waals surface area contributed by atoms with E-state index in [9.17, 15) is 27.9 Å². The van der Waals surface area contributed by atoms with E-state index < -0.39 is 23.4 Å². The third-order valence-corrected chi connectivity index (χ3v) is 5.41. The van der Waals surface area contributed by atoms with Crippen LogP contribution in [0.15, 0.2) is 58.1 Å². The van der Waals surface area contributed by atoms with E-state index in [0.29, 0.717) is 11.1 Å². The normalized spacial score (nSPS) is 11.5. The summed E-state index contributed by atoms with van der Waals surface area (Å²) in [5.74, 6) is -0.567. The number of rotatable bonds is 8. The Labute approximate surface area is 207 Å². The highest BCUT2D eigenvalue weighted by Crippen LogP contribution is 2.30. The van der Waals surface area contributed by atoms with Gasteiger partial charge in [0, 0.05) is 26.3 Å². The SMILES string of the molecule is Cn1c(=O)n(CCCO)c(=O)c2c1nc(Oc1cccc(OC(F)(F)F)c1)n2Cc1ccc(C#N)cc1. The number of halogens is 3. The summed E-state index contributed by atoms with van der Waals surface area (Å²) < 4.78 is 51.2. The number of ether oxygens (including phenoxy) is 2. The Kier molecular flexibility index (Phi) is 7.03. The maximum absolute atomic E-state index is 13.4.